The maximum Gasteiger partial charge on any atom is 0.265 e. The number of thiophene rings is 1. The first kappa shape index (κ1) is 14.2. The summed E-state index contributed by atoms with van der Waals surface area (Å²) in [6.45, 7) is 3.81. The molecule has 1 aromatic heterocycles. The standard InChI is InChI=1S/C14H13BrFNOS/c1-3-9-4-5-13(19-9)14(18)17-12-7-10(15)11(16)6-8(12)2/h4-7H,3H2,1-2H3,(H,17,18). The van der Waals surface area contributed by atoms with Crippen molar-refractivity contribution in [2.45, 2.75) is 20.3 Å². The van der Waals surface area contributed by atoms with Crippen molar-refractivity contribution < 1.29 is 9.18 Å². The molecule has 0 aliphatic carbocycles. The van der Waals surface area contributed by atoms with Gasteiger partial charge in [0.1, 0.15) is 5.82 Å². The van der Waals surface area contributed by atoms with E-state index in [2.05, 4.69) is 28.2 Å². The van der Waals surface area contributed by atoms with Crippen LogP contribution in [-0.4, -0.2) is 5.91 Å². The van der Waals surface area contributed by atoms with Gasteiger partial charge in [0.15, 0.2) is 0 Å². The van der Waals surface area contributed by atoms with Crippen LogP contribution in [0.15, 0.2) is 28.7 Å². The maximum absolute atomic E-state index is 13.3. The summed E-state index contributed by atoms with van der Waals surface area (Å²) in [7, 11) is 0. The van der Waals surface area contributed by atoms with E-state index in [9.17, 15) is 9.18 Å². The topological polar surface area (TPSA) is 29.1 Å². The lowest BCUT2D eigenvalue weighted by atomic mass is 10.2. The number of carbonyl (C=O) groups excluding carboxylic acids is 1. The molecule has 0 radical (unpaired) electrons. The number of rotatable bonds is 3. The van der Waals surface area contributed by atoms with Gasteiger partial charge in [-0.1, -0.05) is 6.92 Å². The van der Waals surface area contributed by atoms with Gasteiger partial charge in [-0.2, -0.15) is 0 Å². The van der Waals surface area contributed by atoms with Crippen molar-refractivity contribution in [3.63, 3.8) is 0 Å². The Morgan fingerprint density at radius 3 is 2.79 bits per heavy atom. The van der Waals surface area contributed by atoms with Crippen molar-refractivity contribution in [1.82, 2.24) is 0 Å². The minimum Gasteiger partial charge on any atom is -0.321 e. The third kappa shape index (κ3) is 3.22. The lowest BCUT2D eigenvalue weighted by molar-refractivity contribution is 0.103. The number of benzene rings is 1. The van der Waals surface area contributed by atoms with Crippen LogP contribution in [0.4, 0.5) is 10.1 Å². The van der Waals surface area contributed by atoms with Gasteiger partial charge < -0.3 is 5.32 Å². The first-order valence-electron chi connectivity index (χ1n) is 5.87. The predicted octanol–water partition coefficient (Wildman–Crippen LogP) is 4.77. The Hall–Kier alpha value is -1.20. The molecule has 2 rings (SSSR count). The second kappa shape index (κ2) is 5.84. The monoisotopic (exact) mass is 341 g/mol. The van der Waals surface area contributed by atoms with E-state index < -0.39 is 0 Å². The lowest BCUT2D eigenvalue weighted by Gasteiger charge is -2.08. The smallest absolute Gasteiger partial charge is 0.265 e. The highest BCUT2D eigenvalue weighted by Gasteiger charge is 2.12. The Morgan fingerprint density at radius 2 is 2.16 bits per heavy atom. The molecule has 1 amide bonds. The van der Waals surface area contributed by atoms with Crippen LogP contribution in [0.5, 0.6) is 0 Å². The molecule has 0 saturated carbocycles. The molecule has 19 heavy (non-hydrogen) atoms. The van der Waals surface area contributed by atoms with Gasteiger partial charge in [0.2, 0.25) is 0 Å². The molecule has 0 fully saturated rings. The van der Waals surface area contributed by atoms with Crippen LogP contribution in [0.1, 0.15) is 27.0 Å². The van der Waals surface area contributed by atoms with Gasteiger partial charge in [0, 0.05) is 10.6 Å². The molecule has 0 bridgehead atoms. The number of aryl methyl sites for hydroxylation is 2. The summed E-state index contributed by atoms with van der Waals surface area (Å²) < 4.78 is 13.7. The van der Waals surface area contributed by atoms with Crippen molar-refractivity contribution in [1.29, 1.82) is 0 Å². The Balaban J connectivity index is 2.21. The number of amides is 1. The van der Waals surface area contributed by atoms with E-state index in [1.807, 2.05) is 12.1 Å². The summed E-state index contributed by atoms with van der Waals surface area (Å²) in [5.41, 5.74) is 1.31. The second-order valence-electron chi connectivity index (χ2n) is 4.15. The number of hydrogen-bond donors (Lipinski definition) is 1. The normalized spacial score (nSPS) is 10.5. The second-order valence-corrected chi connectivity index (χ2v) is 6.18. The molecule has 1 aromatic carbocycles. The van der Waals surface area contributed by atoms with Crippen molar-refractivity contribution in [3.05, 3.63) is 49.9 Å². The fourth-order valence-electron chi connectivity index (χ4n) is 1.65. The zero-order chi connectivity index (χ0) is 14.0. The van der Waals surface area contributed by atoms with E-state index in [0.29, 0.717) is 20.6 Å². The lowest BCUT2D eigenvalue weighted by Crippen LogP contribution is -2.11. The number of hydrogen-bond acceptors (Lipinski definition) is 2. The van der Waals surface area contributed by atoms with E-state index in [-0.39, 0.29) is 11.7 Å². The molecule has 2 nitrogen and oxygen atoms in total. The summed E-state index contributed by atoms with van der Waals surface area (Å²) >= 11 is 4.59. The van der Waals surface area contributed by atoms with Crippen LogP contribution in [0.2, 0.25) is 0 Å². The van der Waals surface area contributed by atoms with Gasteiger partial charge in [-0.3, -0.25) is 4.79 Å². The van der Waals surface area contributed by atoms with Gasteiger partial charge in [0.25, 0.3) is 5.91 Å². The number of halogens is 2. The molecule has 5 heteroatoms. The average Bonchev–Trinajstić information content (AvgIpc) is 2.84. The molecular formula is C14H13BrFNOS. The van der Waals surface area contributed by atoms with E-state index in [1.165, 1.54) is 22.3 Å². The van der Waals surface area contributed by atoms with Crippen molar-refractivity contribution in [3.8, 4) is 0 Å². The molecule has 0 unspecified atom stereocenters. The van der Waals surface area contributed by atoms with E-state index in [0.717, 1.165) is 6.42 Å². The highest BCUT2D eigenvalue weighted by molar-refractivity contribution is 9.10. The molecule has 0 saturated heterocycles. The summed E-state index contributed by atoms with van der Waals surface area (Å²) in [5.74, 6) is -0.494. The highest BCUT2D eigenvalue weighted by atomic mass is 79.9. The number of anilines is 1. The largest absolute Gasteiger partial charge is 0.321 e. The molecule has 0 aliphatic heterocycles. The average molecular weight is 342 g/mol. The minimum absolute atomic E-state index is 0.161. The maximum atomic E-state index is 13.3. The SMILES string of the molecule is CCc1ccc(C(=O)Nc2cc(Br)c(F)cc2C)s1. The summed E-state index contributed by atoms with van der Waals surface area (Å²) in [6.07, 6.45) is 0.916. The molecule has 1 N–H and O–H groups in total. The molecule has 2 aromatic rings. The Labute approximate surface area is 123 Å². The van der Waals surface area contributed by atoms with Crippen LogP contribution >= 0.6 is 27.3 Å². The Morgan fingerprint density at radius 1 is 1.42 bits per heavy atom. The van der Waals surface area contributed by atoms with Crippen LogP contribution in [-0.2, 0) is 6.42 Å². The van der Waals surface area contributed by atoms with Gasteiger partial charge >= 0.3 is 0 Å². The molecule has 0 aliphatic rings. The number of carbonyl (C=O) groups is 1. The zero-order valence-corrected chi connectivity index (χ0v) is 13.0. The van der Waals surface area contributed by atoms with Crippen molar-refractivity contribution in [2.24, 2.45) is 0 Å². The van der Waals surface area contributed by atoms with Gasteiger partial charge in [-0.15, -0.1) is 11.3 Å². The van der Waals surface area contributed by atoms with Crippen LogP contribution in [0.3, 0.4) is 0 Å². The third-order valence-corrected chi connectivity index (χ3v) is 4.59. The minimum atomic E-state index is -0.333. The summed E-state index contributed by atoms with van der Waals surface area (Å²) in [4.78, 5) is 13.9. The first-order valence-corrected chi connectivity index (χ1v) is 7.48. The van der Waals surface area contributed by atoms with Gasteiger partial charge in [-0.05, 0) is 59.1 Å². The van der Waals surface area contributed by atoms with Gasteiger partial charge in [0.05, 0.1) is 9.35 Å². The summed E-state index contributed by atoms with van der Waals surface area (Å²) in [6, 6.07) is 6.74. The number of nitrogens with one attached hydrogen (secondary N) is 1. The highest BCUT2D eigenvalue weighted by Crippen LogP contribution is 2.25. The quantitative estimate of drug-likeness (QED) is 0.855. The van der Waals surface area contributed by atoms with Gasteiger partial charge in [-0.25, -0.2) is 4.39 Å². The van der Waals surface area contributed by atoms with Crippen molar-refractivity contribution in [2.75, 3.05) is 5.32 Å². The molecule has 0 spiro atoms. The van der Waals surface area contributed by atoms with Crippen LogP contribution < -0.4 is 5.32 Å². The molecule has 100 valence electrons. The van der Waals surface area contributed by atoms with Crippen LogP contribution in [0.25, 0.3) is 0 Å². The third-order valence-electron chi connectivity index (χ3n) is 2.75. The summed E-state index contributed by atoms with van der Waals surface area (Å²) in [5, 5.41) is 2.81. The van der Waals surface area contributed by atoms with E-state index >= 15 is 0 Å². The van der Waals surface area contributed by atoms with E-state index in [1.54, 1.807) is 13.0 Å². The first-order chi connectivity index (χ1) is 9.01. The Kier molecular flexibility index (Phi) is 4.37. The molecular weight excluding hydrogens is 329 g/mol. The molecule has 1 heterocycles. The fourth-order valence-corrected chi connectivity index (χ4v) is 2.84. The Bertz CT molecular complexity index is 624. The van der Waals surface area contributed by atoms with Crippen molar-refractivity contribution >= 4 is 38.9 Å². The predicted molar refractivity (Wildman–Crippen MR) is 80.5 cm³/mol. The van der Waals surface area contributed by atoms with E-state index in [4.69, 9.17) is 0 Å². The zero-order valence-electron chi connectivity index (χ0n) is 10.6. The van der Waals surface area contributed by atoms with Crippen LogP contribution in [0, 0.1) is 12.7 Å². The molecule has 0 atom stereocenters. The fraction of sp³-hybridized carbons (Fsp3) is 0.214.